The van der Waals surface area contributed by atoms with Crippen molar-refractivity contribution in [3.63, 3.8) is 0 Å². The van der Waals surface area contributed by atoms with E-state index in [4.69, 9.17) is 0 Å². The zero-order valence-corrected chi connectivity index (χ0v) is 13.7. The molecule has 118 valence electrons. The summed E-state index contributed by atoms with van der Waals surface area (Å²) in [6.45, 7) is 6.44. The van der Waals surface area contributed by atoms with E-state index in [1.807, 2.05) is 42.5 Å². The SMILES string of the molecule is CC(C)(C)c1ccc(C(=O)C[C@@H]2NC(=O)c3ccccc32)cc1. The van der Waals surface area contributed by atoms with Gasteiger partial charge in [-0.3, -0.25) is 9.59 Å². The van der Waals surface area contributed by atoms with Crippen LogP contribution in [0.25, 0.3) is 0 Å². The average molecular weight is 307 g/mol. The Kier molecular flexibility index (Phi) is 3.80. The zero-order chi connectivity index (χ0) is 16.6. The van der Waals surface area contributed by atoms with Crippen molar-refractivity contribution >= 4 is 11.7 Å². The maximum atomic E-state index is 12.5. The highest BCUT2D eigenvalue weighted by molar-refractivity contribution is 6.01. The van der Waals surface area contributed by atoms with Gasteiger partial charge in [0.1, 0.15) is 0 Å². The largest absolute Gasteiger partial charge is 0.345 e. The third-order valence-corrected chi connectivity index (χ3v) is 4.35. The molecule has 1 aliphatic rings. The number of hydrogen-bond donors (Lipinski definition) is 1. The number of carbonyl (C=O) groups is 2. The van der Waals surface area contributed by atoms with E-state index in [0.717, 1.165) is 5.56 Å². The Labute approximate surface area is 136 Å². The van der Waals surface area contributed by atoms with Crippen LogP contribution in [0.4, 0.5) is 0 Å². The predicted molar refractivity (Wildman–Crippen MR) is 90.7 cm³/mol. The smallest absolute Gasteiger partial charge is 0.252 e. The number of hydrogen-bond acceptors (Lipinski definition) is 2. The van der Waals surface area contributed by atoms with Gasteiger partial charge in [-0.1, -0.05) is 63.2 Å². The van der Waals surface area contributed by atoms with E-state index < -0.39 is 0 Å². The summed E-state index contributed by atoms with van der Waals surface area (Å²) in [4.78, 5) is 24.5. The Morgan fingerprint density at radius 2 is 1.70 bits per heavy atom. The van der Waals surface area contributed by atoms with Crippen LogP contribution in [0.2, 0.25) is 0 Å². The lowest BCUT2D eigenvalue weighted by atomic mass is 9.86. The second-order valence-corrected chi connectivity index (χ2v) is 7.07. The highest BCUT2D eigenvalue weighted by atomic mass is 16.2. The lowest BCUT2D eigenvalue weighted by Crippen LogP contribution is -2.21. The molecule has 0 saturated heterocycles. The molecular formula is C20H21NO2. The summed E-state index contributed by atoms with van der Waals surface area (Å²) in [6.07, 6.45) is 0.289. The van der Waals surface area contributed by atoms with Crippen molar-refractivity contribution in [1.29, 1.82) is 0 Å². The average Bonchev–Trinajstić information content (AvgIpc) is 2.83. The van der Waals surface area contributed by atoms with Gasteiger partial charge < -0.3 is 5.32 Å². The molecule has 0 aromatic heterocycles. The molecule has 23 heavy (non-hydrogen) atoms. The van der Waals surface area contributed by atoms with Crippen LogP contribution in [0.5, 0.6) is 0 Å². The van der Waals surface area contributed by atoms with Crippen molar-refractivity contribution in [1.82, 2.24) is 5.32 Å². The number of ketones is 1. The summed E-state index contributed by atoms with van der Waals surface area (Å²) in [5.41, 5.74) is 3.55. The number of amides is 1. The van der Waals surface area contributed by atoms with Crippen LogP contribution >= 0.6 is 0 Å². The van der Waals surface area contributed by atoms with Crippen molar-refractivity contribution in [3.05, 3.63) is 70.8 Å². The number of fused-ring (bicyclic) bond motifs is 1. The summed E-state index contributed by atoms with van der Waals surface area (Å²) >= 11 is 0. The molecule has 1 N–H and O–H groups in total. The molecule has 3 heteroatoms. The summed E-state index contributed by atoms with van der Waals surface area (Å²) in [5, 5.41) is 2.90. The van der Waals surface area contributed by atoms with Crippen LogP contribution in [-0.4, -0.2) is 11.7 Å². The molecule has 3 rings (SSSR count). The maximum Gasteiger partial charge on any atom is 0.252 e. The molecule has 0 radical (unpaired) electrons. The van der Waals surface area contributed by atoms with Gasteiger partial charge in [0.05, 0.1) is 6.04 Å². The van der Waals surface area contributed by atoms with Crippen LogP contribution in [0.1, 0.15) is 65.1 Å². The molecule has 1 amide bonds. The standard InChI is InChI=1S/C20H21NO2/c1-20(2,3)14-10-8-13(9-11-14)18(22)12-17-15-6-4-5-7-16(15)19(23)21-17/h4-11,17H,12H2,1-3H3,(H,21,23)/t17-/m0/s1. The lowest BCUT2D eigenvalue weighted by Gasteiger charge is -2.19. The van der Waals surface area contributed by atoms with E-state index in [-0.39, 0.29) is 29.6 Å². The minimum Gasteiger partial charge on any atom is -0.345 e. The second kappa shape index (κ2) is 5.65. The number of carbonyl (C=O) groups excluding carboxylic acids is 2. The molecule has 1 heterocycles. The monoisotopic (exact) mass is 307 g/mol. The van der Waals surface area contributed by atoms with Crippen LogP contribution in [0, 0.1) is 0 Å². The lowest BCUT2D eigenvalue weighted by molar-refractivity contribution is 0.0933. The number of rotatable bonds is 3. The molecule has 3 nitrogen and oxygen atoms in total. The zero-order valence-electron chi connectivity index (χ0n) is 13.7. The fourth-order valence-electron chi connectivity index (χ4n) is 2.94. The summed E-state index contributed by atoms with van der Waals surface area (Å²) in [5.74, 6) is -0.0473. The van der Waals surface area contributed by atoms with E-state index in [2.05, 4.69) is 26.1 Å². The maximum absolute atomic E-state index is 12.5. The van der Waals surface area contributed by atoms with Gasteiger partial charge in [0.25, 0.3) is 5.91 Å². The van der Waals surface area contributed by atoms with E-state index in [0.29, 0.717) is 11.1 Å². The highest BCUT2D eigenvalue weighted by Gasteiger charge is 2.29. The normalized spacial score (nSPS) is 16.8. The third kappa shape index (κ3) is 3.04. The first-order chi connectivity index (χ1) is 10.9. The Balaban J connectivity index is 1.77. The van der Waals surface area contributed by atoms with Crippen molar-refractivity contribution in [2.75, 3.05) is 0 Å². The first-order valence-corrected chi connectivity index (χ1v) is 7.90. The summed E-state index contributed by atoms with van der Waals surface area (Å²) in [6, 6.07) is 15.0. The van der Waals surface area contributed by atoms with Crippen molar-refractivity contribution in [3.8, 4) is 0 Å². The molecule has 0 aliphatic carbocycles. The van der Waals surface area contributed by atoms with Gasteiger partial charge in [0.15, 0.2) is 5.78 Å². The predicted octanol–water partition coefficient (Wildman–Crippen LogP) is 4.04. The summed E-state index contributed by atoms with van der Waals surface area (Å²) < 4.78 is 0. The first-order valence-electron chi connectivity index (χ1n) is 7.90. The molecule has 2 aromatic carbocycles. The number of nitrogens with one attached hydrogen (secondary N) is 1. The van der Waals surface area contributed by atoms with Crippen molar-refractivity contribution < 1.29 is 9.59 Å². The van der Waals surface area contributed by atoms with Gasteiger partial charge in [0, 0.05) is 17.5 Å². The van der Waals surface area contributed by atoms with Crippen molar-refractivity contribution in [2.24, 2.45) is 0 Å². The molecule has 0 saturated carbocycles. The van der Waals surface area contributed by atoms with Gasteiger partial charge in [-0.2, -0.15) is 0 Å². The van der Waals surface area contributed by atoms with Gasteiger partial charge in [-0.05, 0) is 22.6 Å². The molecular weight excluding hydrogens is 286 g/mol. The second-order valence-electron chi connectivity index (χ2n) is 7.07. The Morgan fingerprint density at radius 3 is 2.35 bits per heavy atom. The summed E-state index contributed by atoms with van der Waals surface area (Å²) in [7, 11) is 0. The topological polar surface area (TPSA) is 46.2 Å². The minimum atomic E-state index is -0.228. The fraction of sp³-hybridized carbons (Fsp3) is 0.300. The Morgan fingerprint density at radius 1 is 1.04 bits per heavy atom. The highest BCUT2D eigenvalue weighted by Crippen LogP contribution is 2.29. The van der Waals surface area contributed by atoms with Crippen LogP contribution in [0.15, 0.2) is 48.5 Å². The van der Waals surface area contributed by atoms with Crippen molar-refractivity contribution in [2.45, 2.75) is 38.6 Å². The molecule has 1 atom stereocenters. The fourth-order valence-corrected chi connectivity index (χ4v) is 2.94. The Hall–Kier alpha value is -2.42. The molecule has 1 aliphatic heterocycles. The molecule has 0 unspecified atom stereocenters. The van der Waals surface area contributed by atoms with Gasteiger partial charge >= 0.3 is 0 Å². The van der Waals surface area contributed by atoms with E-state index in [1.165, 1.54) is 5.56 Å². The quantitative estimate of drug-likeness (QED) is 0.870. The van der Waals surface area contributed by atoms with Crippen LogP contribution in [0.3, 0.4) is 0 Å². The van der Waals surface area contributed by atoms with Crippen LogP contribution < -0.4 is 5.32 Å². The molecule has 0 bridgehead atoms. The van der Waals surface area contributed by atoms with Gasteiger partial charge in [-0.15, -0.1) is 0 Å². The molecule has 0 spiro atoms. The number of benzene rings is 2. The number of Topliss-reactive ketones (excluding diaryl/α,β-unsaturated/α-hetero) is 1. The molecule has 2 aromatic rings. The molecule has 0 fully saturated rings. The van der Waals surface area contributed by atoms with E-state index >= 15 is 0 Å². The minimum absolute atomic E-state index is 0.0486. The van der Waals surface area contributed by atoms with E-state index in [9.17, 15) is 9.59 Å². The van der Waals surface area contributed by atoms with Crippen LogP contribution in [-0.2, 0) is 5.41 Å². The third-order valence-electron chi connectivity index (χ3n) is 4.35. The first kappa shape index (κ1) is 15.5. The van der Waals surface area contributed by atoms with Gasteiger partial charge in [0.2, 0.25) is 0 Å². The van der Waals surface area contributed by atoms with Gasteiger partial charge in [-0.25, -0.2) is 0 Å². The van der Waals surface area contributed by atoms with E-state index in [1.54, 1.807) is 6.07 Å². The Bertz CT molecular complexity index is 754.